The van der Waals surface area contributed by atoms with Crippen LogP contribution in [0.25, 0.3) is 28.0 Å². The number of hydrogen-bond donors (Lipinski definition) is 2. The van der Waals surface area contributed by atoms with Gasteiger partial charge in [-0.3, -0.25) is 14.6 Å². The minimum Gasteiger partial charge on any atom is -0.366 e. The van der Waals surface area contributed by atoms with Gasteiger partial charge in [-0.1, -0.05) is 24.3 Å². The molecule has 0 aliphatic rings. The lowest BCUT2D eigenvalue weighted by Gasteiger charge is -2.12. The summed E-state index contributed by atoms with van der Waals surface area (Å²) in [6, 6.07) is 17.7. The van der Waals surface area contributed by atoms with Crippen LogP contribution in [-0.2, 0) is 6.67 Å². The number of halogens is 2. The van der Waals surface area contributed by atoms with Crippen molar-refractivity contribution in [3.63, 3.8) is 0 Å². The fourth-order valence-electron chi connectivity index (χ4n) is 3.81. The monoisotopic (exact) mass is 484 g/mol. The van der Waals surface area contributed by atoms with Gasteiger partial charge >= 0.3 is 0 Å². The maximum Gasteiger partial charge on any atom is 0.259 e. The first-order valence-corrected chi connectivity index (χ1v) is 10.8. The topological polar surface area (TPSA) is 116 Å². The predicted molar refractivity (Wildman–Crippen MR) is 130 cm³/mol. The third-order valence-corrected chi connectivity index (χ3v) is 5.55. The number of carbonyl (C=O) groups is 2. The zero-order valence-corrected chi connectivity index (χ0v) is 18.7. The number of nitrogens with zero attached hydrogens (tertiary/aromatic N) is 4. The van der Waals surface area contributed by atoms with Crippen LogP contribution in [0.5, 0.6) is 0 Å². The molecule has 5 rings (SSSR count). The summed E-state index contributed by atoms with van der Waals surface area (Å²) in [7, 11) is 0. The van der Waals surface area contributed by atoms with Gasteiger partial charge in [0.15, 0.2) is 5.82 Å². The highest BCUT2D eigenvalue weighted by Crippen LogP contribution is 2.29. The molecule has 0 atom stereocenters. The van der Waals surface area contributed by atoms with Crippen molar-refractivity contribution in [2.75, 3.05) is 5.32 Å². The Kier molecular flexibility index (Phi) is 5.91. The molecule has 5 aromatic rings. The molecule has 36 heavy (non-hydrogen) atoms. The maximum atomic E-state index is 15.0. The number of hydrogen-bond acceptors (Lipinski definition) is 5. The van der Waals surface area contributed by atoms with Crippen LogP contribution in [0.3, 0.4) is 0 Å². The molecule has 3 aromatic heterocycles. The molecule has 0 saturated carbocycles. The van der Waals surface area contributed by atoms with E-state index in [2.05, 4.69) is 20.4 Å². The Morgan fingerprint density at radius 1 is 1.00 bits per heavy atom. The van der Waals surface area contributed by atoms with Crippen LogP contribution >= 0.6 is 0 Å². The van der Waals surface area contributed by atoms with Crippen molar-refractivity contribution < 1.29 is 18.4 Å². The van der Waals surface area contributed by atoms with Crippen LogP contribution in [0.1, 0.15) is 26.3 Å². The Morgan fingerprint density at radius 3 is 2.47 bits per heavy atom. The van der Waals surface area contributed by atoms with Gasteiger partial charge in [0.05, 0.1) is 22.5 Å². The van der Waals surface area contributed by atoms with Crippen LogP contribution in [-0.4, -0.2) is 31.6 Å². The zero-order chi connectivity index (χ0) is 25.2. The highest BCUT2D eigenvalue weighted by atomic mass is 19.1. The largest absolute Gasteiger partial charge is 0.366 e. The van der Waals surface area contributed by atoms with Crippen LogP contribution < -0.4 is 11.1 Å². The SMILES string of the molecule is NC(=O)c1cnc2c(NC(=O)c3cc(-c4ccccn4)c(CF)cc3F)n(-c3ccccc3)nc2c1. The second-order valence-corrected chi connectivity index (χ2v) is 7.84. The fraction of sp³-hybridized carbons (Fsp3) is 0.0385. The Hall–Kier alpha value is -4.99. The third kappa shape index (κ3) is 4.16. The first-order valence-electron chi connectivity index (χ1n) is 10.8. The highest BCUT2D eigenvalue weighted by molar-refractivity contribution is 6.09. The van der Waals surface area contributed by atoms with Gasteiger partial charge < -0.3 is 11.1 Å². The van der Waals surface area contributed by atoms with Gasteiger partial charge in [0.2, 0.25) is 5.91 Å². The van der Waals surface area contributed by atoms with E-state index >= 15 is 0 Å². The lowest BCUT2D eigenvalue weighted by atomic mass is 10.0. The quantitative estimate of drug-likeness (QED) is 0.370. The molecule has 0 spiro atoms. The molecule has 0 aliphatic heterocycles. The van der Waals surface area contributed by atoms with Gasteiger partial charge in [-0.05, 0) is 48.0 Å². The summed E-state index contributed by atoms with van der Waals surface area (Å²) < 4.78 is 30.0. The number of amides is 2. The number of aromatic nitrogens is 4. The van der Waals surface area contributed by atoms with Gasteiger partial charge in [0, 0.05) is 18.0 Å². The molecule has 2 aromatic carbocycles. The summed E-state index contributed by atoms with van der Waals surface area (Å²) in [5.74, 6) is -2.21. The Bertz CT molecular complexity index is 1600. The molecular weight excluding hydrogens is 466 g/mol. The van der Waals surface area contributed by atoms with Crippen LogP contribution in [0.15, 0.2) is 79.1 Å². The molecule has 0 bridgehead atoms. The van der Waals surface area contributed by atoms with Crippen LogP contribution in [0, 0.1) is 5.82 Å². The van der Waals surface area contributed by atoms with Crippen molar-refractivity contribution in [3.05, 3.63) is 102 Å². The molecule has 178 valence electrons. The molecule has 2 amide bonds. The fourth-order valence-corrected chi connectivity index (χ4v) is 3.81. The smallest absolute Gasteiger partial charge is 0.259 e. The Morgan fingerprint density at radius 2 is 1.78 bits per heavy atom. The number of anilines is 1. The van der Waals surface area contributed by atoms with Crippen molar-refractivity contribution in [1.29, 1.82) is 0 Å². The van der Waals surface area contributed by atoms with Crippen LogP contribution in [0.2, 0.25) is 0 Å². The number of rotatable bonds is 6. The molecule has 0 saturated heterocycles. The number of primary amides is 1. The molecule has 0 radical (unpaired) electrons. The van der Waals surface area contributed by atoms with Gasteiger partial charge in [-0.2, -0.15) is 5.10 Å². The predicted octanol–water partition coefficient (Wildman–Crippen LogP) is 4.44. The molecule has 3 N–H and O–H groups in total. The number of nitrogens with two attached hydrogens (primary N) is 1. The second-order valence-electron chi connectivity index (χ2n) is 7.84. The van der Waals surface area contributed by atoms with Crippen molar-refractivity contribution in [2.45, 2.75) is 6.67 Å². The highest BCUT2D eigenvalue weighted by Gasteiger charge is 2.22. The van der Waals surface area contributed by atoms with E-state index in [9.17, 15) is 18.4 Å². The standard InChI is InChI=1S/C26H18F2N6O2/c27-13-15-10-20(28)19(12-18(15)21-8-4-5-9-30-21)26(36)32-25-23-22(11-16(14-31-23)24(29)35)33-34(25)17-6-2-1-3-7-17/h1-12,14H,13H2,(H2,29,35)(H,32,36). The lowest BCUT2D eigenvalue weighted by Crippen LogP contribution is -2.17. The molecule has 8 nitrogen and oxygen atoms in total. The molecule has 0 aliphatic carbocycles. The number of benzene rings is 2. The van der Waals surface area contributed by atoms with Crippen molar-refractivity contribution in [2.24, 2.45) is 5.73 Å². The molecular formula is C26H18F2N6O2. The minimum absolute atomic E-state index is 0.0724. The molecule has 0 fully saturated rings. The summed E-state index contributed by atoms with van der Waals surface area (Å²) in [5, 5.41) is 7.15. The van der Waals surface area contributed by atoms with E-state index in [0.717, 1.165) is 6.07 Å². The normalized spacial score (nSPS) is 10.9. The number of para-hydroxylation sites is 1. The van der Waals surface area contributed by atoms with Gasteiger partial charge in [-0.15, -0.1) is 0 Å². The van der Waals surface area contributed by atoms with E-state index in [1.165, 1.54) is 29.2 Å². The van der Waals surface area contributed by atoms with Crippen molar-refractivity contribution in [1.82, 2.24) is 19.7 Å². The molecule has 3 heterocycles. The van der Waals surface area contributed by atoms with Gasteiger partial charge in [-0.25, -0.2) is 18.4 Å². The van der Waals surface area contributed by atoms with E-state index in [4.69, 9.17) is 5.73 Å². The first kappa shape index (κ1) is 22.8. The number of carbonyl (C=O) groups excluding carboxylic acids is 2. The average molecular weight is 484 g/mol. The number of fused-ring (bicyclic) bond motifs is 1. The maximum absolute atomic E-state index is 15.0. The molecule has 10 heteroatoms. The Labute approximate surface area is 203 Å². The number of pyridine rings is 2. The summed E-state index contributed by atoms with van der Waals surface area (Å²) in [5.41, 5.74) is 7.13. The van der Waals surface area contributed by atoms with E-state index in [1.54, 1.807) is 42.5 Å². The summed E-state index contributed by atoms with van der Waals surface area (Å²) in [6.45, 7) is -0.928. The van der Waals surface area contributed by atoms with E-state index in [-0.39, 0.29) is 28.0 Å². The van der Waals surface area contributed by atoms with E-state index < -0.39 is 24.3 Å². The number of alkyl halides is 1. The minimum atomic E-state index is -0.928. The van der Waals surface area contributed by atoms with Gasteiger partial charge in [0.1, 0.15) is 23.5 Å². The lowest BCUT2D eigenvalue weighted by molar-refractivity contribution is 0.0996. The summed E-state index contributed by atoms with van der Waals surface area (Å²) in [4.78, 5) is 33.4. The number of nitrogens with one attached hydrogen (secondary N) is 1. The van der Waals surface area contributed by atoms with E-state index in [1.807, 2.05) is 6.07 Å². The first-order chi connectivity index (χ1) is 17.5. The Balaban J connectivity index is 1.62. The van der Waals surface area contributed by atoms with Gasteiger partial charge in [0.25, 0.3) is 5.91 Å². The van der Waals surface area contributed by atoms with Crippen molar-refractivity contribution >= 4 is 28.7 Å². The summed E-state index contributed by atoms with van der Waals surface area (Å²) >= 11 is 0. The van der Waals surface area contributed by atoms with Crippen LogP contribution in [0.4, 0.5) is 14.6 Å². The molecule has 0 unspecified atom stereocenters. The summed E-state index contributed by atoms with van der Waals surface area (Å²) in [6.07, 6.45) is 2.80. The third-order valence-electron chi connectivity index (χ3n) is 5.55. The average Bonchev–Trinajstić information content (AvgIpc) is 3.26. The van der Waals surface area contributed by atoms with E-state index in [0.29, 0.717) is 22.5 Å². The zero-order valence-electron chi connectivity index (χ0n) is 18.7. The van der Waals surface area contributed by atoms with Crippen molar-refractivity contribution in [3.8, 4) is 16.9 Å². The second kappa shape index (κ2) is 9.34.